The Morgan fingerprint density at radius 1 is 1.29 bits per heavy atom. The van der Waals surface area contributed by atoms with Crippen LogP contribution < -0.4 is 16.0 Å². The zero-order valence-corrected chi connectivity index (χ0v) is 9.09. The second-order valence-electron chi connectivity index (χ2n) is 4.39. The second-order valence-corrected chi connectivity index (χ2v) is 4.39. The molecule has 3 N–H and O–H groups in total. The summed E-state index contributed by atoms with van der Waals surface area (Å²) in [6.07, 6.45) is 1.65. The van der Waals surface area contributed by atoms with Gasteiger partial charge in [0.15, 0.2) is 5.82 Å². The maximum atomic E-state index is 11.5. The highest BCUT2D eigenvalue weighted by Crippen LogP contribution is 2.32. The monoisotopic (exact) mass is 232 g/mol. The number of nitrogens with zero attached hydrogens (tertiary/aromatic N) is 2. The van der Waals surface area contributed by atoms with Crippen LogP contribution in [0.2, 0.25) is 0 Å². The molecule has 1 aromatic rings. The van der Waals surface area contributed by atoms with Gasteiger partial charge in [0.25, 0.3) is 0 Å². The molecule has 6 nitrogen and oxygen atoms in total. The number of carbonyl (C=O) groups is 2. The first-order valence-corrected chi connectivity index (χ1v) is 5.47. The fourth-order valence-electron chi connectivity index (χ4n) is 2.49. The zero-order chi connectivity index (χ0) is 12.0. The SMILES string of the molecule is Nc1cccnc1N1C[C@H]2C(=O)NC(=O)[C@@H]2C1. The summed E-state index contributed by atoms with van der Waals surface area (Å²) in [5.41, 5.74) is 6.40. The van der Waals surface area contributed by atoms with Crippen molar-refractivity contribution in [3.8, 4) is 0 Å². The van der Waals surface area contributed by atoms with Crippen LogP contribution in [0.1, 0.15) is 0 Å². The van der Waals surface area contributed by atoms with Crippen LogP contribution in [-0.4, -0.2) is 29.9 Å². The molecule has 0 bridgehead atoms. The highest BCUT2D eigenvalue weighted by molar-refractivity contribution is 6.06. The molecule has 1 aromatic heterocycles. The quantitative estimate of drug-likeness (QED) is 0.629. The Morgan fingerprint density at radius 2 is 1.94 bits per heavy atom. The van der Waals surface area contributed by atoms with E-state index >= 15 is 0 Å². The standard InChI is InChI=1S/C11H12N4O2/c12-8-2-1-3-13-9(8)15-4-6-7(5-15)11(17)14-10(6)16/h1-3,6-7H,4-5,12H2,(H,14,16,17)/t6-,7-/m1/s1. The maximum Gasteiger partial charge on any atom is 0.232 e. The van der Waals surface area contributed by atoms with Crippen LogP contribution in [0.3, 0.4) is 0 Å². The lowest BCUT2D eigenvalue weighted by molar-refractivity contribution is -0.126. The lowest BCUT2D eigenvalue weighted by atomic mass is 10.00. The average Bonchev–Trinajstić information content (AvgIpc) is 2.83. The minimum atomic E-state index is -0.260. The van der Waals surface area contributed by atoms with Gasteiger partial charge in [-0.2, -0.15) is 0 Å². The molecule has 2 amide bonds. The number of fused-ring (bicyclic) bond motifs is 1. The molecule has 0 aromatic carbocycles. The van der Waals surface area contributed by atoms with Crippen LogP contribution in [0, 0.1) is 11.8 Å². The summed E-state index contributed by atoms with van der Waals surface area (Å²) in [5.74, 6) is -0.232. The van der Waals surface area contributed by atoms with Gasteiger partial charge >= 0.3 is 0 Å². The molecule has 0 unspecified atom stereocenters. The van der Waals surface area contributed by atoms with Gasteiger partial charge in [0.2, 0.25) is 11.8 Å². The third-order valence-electron chi connectivity index (χ3n) is 3.36. The molecule has 0 radical (unpaired) electrons. The van der Waals surface area contributed by atoms with E-state index in [1.807, 2.05) is 4.90 Å². The molecule has 0 spiro atoms. The van der Waals surface area contributed by atoms with Gasteiger partial charge in [-0.25, -0.2) is 4.98 Å². The van der Waals surface area contributed by atoms with E-state index in [1.165, 1.54) is 0 Å². The highest BCUT2D eigenvalue weighted by Gasteiger charge is 2.48. The molecule has 6 heteroatoms. The predicted octanol–water partition coefficient (Wildman–Crippen LogP) is -0.627. The molecule has 2 aliphatic heterocycles. The van der Waals surface area contributed by atoms with Crippen LogP contribution in [-0.2, 0) is 9.59 Å². The Balaban J connectivity index is 1.88. The van der Waals surface area contributed by atoms with Crippen molar-refractivity contribution in [3.63, 3.8) is 0 Å². The van der Waals surface area contributed by atoms with E-state index in [0.717, 1.165) is 0 Å². The van der Waals surface area contributed by atoms with Crippen molar-refractivity contribution in [3.05, 3.63) is 18.3 Å². The van der Waals surface area contributed by atoms with E-state index in [1.54, 1.807) is 18.3 Å². The van der Waals surface area contributed by atoms with Gasteiger partial charge in [-0.1, -0.05) is 0 Å². The molecule has 0 aliphatic carbocycles. The molecule has 88 valence electrons. The Labute approximate surface area is 97.8 Å². The van der Waals surface area contributed by atoms with Crippen molar-refractivity contribution in [1.82, 2.24) is 10.3 Å². The summed E-state index contributed by atoms with van der Waals surface area (Å²) in [6.45, 7) is 1.01. The van der Waals surface area contributed by atoms with Gasteiger partial charge in [-0.15, -0.1) is 0 Å². The molecule has 2 aliphatic rings. The minimum Gasteiger partial charge on any atom is -0.396 e. The fourth-order valence-corrected chi connectivity index (χ4v) is 2.49. The number of amides is 2. The smallest absolute Gasteiger partial charge is 0.232 e. The van der Waals surface area contributed by atoms with Crippen LogP contribution in [0.5, 0.6) is 0 Å². The number of nitrogens with one attached hydrogen (secondary N) is 1. The molecular weight excluding hydrogens is 220 g/mol. The fraction of sp³-hybridized carbons (Fsp3) is 0.364. The average molecular weight is 232 g/mol. The molecule has 17 heavy (non-hydrogen) atoms. The van der Waals surface area contributed by atoms with Crippen LogP contribution in [0.15, 0.2) is 18.3 Å². The van der Waals surface area contributed by atoms with E-state index in [-0.39, 0.29) is 23.7 Å². The van der Waals surface area contributed by atoms with E-state index in [4.69, 9.17) is 5.73 Å². The van der Waals surface area contributed by atoms with Crippen LogP contribution in [0.4, 0.5) is 11.5 Å². The van der Waals surface area contributed by atoms with Crippen LogP contribution >= 0.6 is 0 Å². The number of carbonyl (C=O) groups excluding carboxylic acids is 2. The van der Waals surface area contributed by atoms with Crippen molar-refractivity contribution in [2.75, 3.05) is 23.7 Å². The molecule has 2 saturated heterocycles. The number of hydrogen-bond donors (Lipinski definition) is 2. The van der Waals surface area contributed by atoms with Gasteiger partial charge in [0.1, 0.15) is 0 Å². The molecule has 2 fully saturated rings. The molecular formula is C11H12N4O2. The lowest BCUT2D eigenvalue weighted by Crippen LogP contribution is -2.32. The van der Waals surface area contributed by atoms with Crippen molar-refractivity contribution in [2.45, 2.75) is 0 Å². The number of anilines is 2. The summed E-state index contributed by atoms with van der Waals surface area (Å²) in [7, 11) is 0. The first-order chi connectivity index (χ1) is 8.16. The number of rotatable bonds is 1. The molecule has 3 heterocycles. The van der Waals surface area contributed by atoms with E-state index in [2.05, 4.69) is 10.3 Å². The minimum absolute atomic E-state index is 0.183. The van der Waals surface area contributed by atoms with Crippen molar-refractivity contribution in [2.24, 2.45) is 11.8 Å². The maximum absolute atomic E-state index is 11.5. The van der Waals surface area contributed by atoms with E-state index in [9.17, 15) is 9.59 Å². The first kappa shape index (κ1) is 10.1. The molecule has 0 saturated carbocycles. The Kier molecular flexibility index (Phi) is 2.04. The topological polar surface area (TPSA) is 88.3 Å². The van der Waals surface area contributed by atoms with E-state index < -0.39 is 0 Å². The molecule has 2 atom stereocenters. The third-order valence-corrected chi connectivity index (χ3v) is 3.36. The third kappa shape index (κ3) is 1.44. The van der Waals surface area contributed by atoms with Gasteiger partial charge in [0, 0.05) is 19.3 Å². The van der Waals surface area contributed by atoms with E-state index in [0.29, 0.717) is 24.6 Å². The number of pyridine rings is 1. The van der Waals surface area contributed by atoms with Gasteiger partial charge in [0.05, 0.1) is 17.5 Å². The molecule has 3 rings (SSSR count). The van der Waals surface area contributed by atoms with Gasteiger partial charge in [-0.3, -0.25) is 14.9 Å². The van der Waals surface area contributed by atoms with Gasteiger partial charge < -0.3 is 10.6 Å². The lowest BCUT2D eigenvalue weighted by Gasteiger charge is -2.19. The number of nitrogens with two attached hydrogens (primary N) is 1. The largest absolute Gasteiger partial charge is 0.396 e. The zero-order valence-electron chi connectivity index (χ0n) is 9.09. The number of imide groups is 1. The number of hydrogen-bond acceptors (Lipinski definition) is 5. The second kappa shape index (κ2) is 3.44. The predicted molar refractivity (Wildman–Crippen MR) is 61.0 cm³/mol. The number of aromatic nitrogens is 1. The first-order valence-electron chi connectivity index (χ1n) is 5.47. The highest BCUT2D eigenvalue weighted by atomic mass is 16.2. The Morgan fingerprint density at radius 3 is 2.53 bits per heavy atom. The summed E-state index contributed by atoms with van der Waals surface area (Å²) in [6, 6.07) is 3.52. The van der Waals surface area contributed by atoms with Gasteiger partial charge in [-0.05, 0) is 12.1 Å². The summed E-state index contributed by atoms with van der Waals surface area (Å²) < 4.78 is 0. The van der Waals surface area contributed by atoms with Crippen molar-refractivity contribution in [1.29, 1.82) is 0 Å². The summed E-state index contributed by atoms with van der Waals surface area (Å²) in [5, 5.41) is 2.35. The van der Waals surface area contributed by atoms with Crippen LogP contribution in [0.25, 0.3) is 0 Å². The van der Waals surface area contributed by atoms with Crippen molar-refractivity contribution < 1.29 is 9.59 Å². The Hall–Kier alpha value is -2.11. The normalized spacial score (nSPS) is 27.2. The summed E-state index contributed by atoms with van der Waals surface area (Å²) in [4.78, 5) is 29.1. The Bertz CT molecular complexity index is 480. The van der Waals surface area contributed by atoms with Crippen molar-refractivity contribution >= 4 is 23.3 Å². The summed E-state index contributed by atoms with van der Waals surface area (Å²) >= 11 is 0. The number of nitrogen functional groups attached to an aromatic ring is 1.